The zero-order valence-corrected chi connectivity index (χ0v) is 11.1. The Labute approximate surface area is 113 Å². The molecule has 20 heavy (non-hydrogen) atoms. The molecule has 2 heterocycles. The van der Waals surface area contributed by atoms with E-state index < -0.39 is 17.2 Å². The van der Waals surface area contributed by atoms with E-state index in [1.54, 1.807) is 0 Å². The van der Waals surface area contributed by atoms with E-state index in [9.17, 15) is 19.5 Å². The average Bonchev–Trinajstić information content (AvgIpc) is 3.25. The van der Waals surface area contributed by atoms with E-state index in [-0.39, 0.29) is 22.5 Å². The molecule has 0 aliphatic heterocycles. The van der Waals surface area contributed by atoms with Gasteiger partial charge in [-0.2, -0.15) is 0 Å². The Morgan fingerprint density at radius 3 is 2.50 bits per heavy atom. The van der Waals surface area contributed by atoms with Crippen LogP contribution in [0.4, 0.5) is 0 Å². The van der Waals surface area contributed by atoms with E-state index in [0.29, 0.717) is 5.69 Å². The van der Waals surface area contributed by atoms with Crippen molar-refractivity contribution >= 4 is 17.0 Å². The van der Waals surface area contributed by atoms with Crippen molar-refractivity contribution in [1.82, 2.24) is 14.1 Å². The maximum atomic E-state index is 12.2. The number of pyridine rings is 1. The molecule has 1 N–H and O–H groups in total. The number of hydrogen-bond donors (Lipinski definition) is 1. The van der Waals surface area contributed by atoms with Crippen molar-refractivity contribution in [1.29, 1.82) is 0 Å². The number of nitrogens with zero attached hydrogens (tertiary/aromatic N) is 3. The molecule has 0 spiro atoms. The molecule has 2 aromatic heterocycles. The predicted octanol–water partition coefficient (Wildman–Crippen LogP) is 0.208. The third-order valence-electron chi connectivity index (χ3n) is 3.66. The number of rotatable bonds is 2. The third-order valence-corrected chi connectivity index (χ3v) is 3.66. The minimum absolute atomic E-state index is 0.0218. The fraction of sp³-hybridized carbons (Fsp3) is 0.385. The van der Waals surface area contributed by atoms with Crippen LogP contribution < -0.4 is 11.2 Å². The van der Waals surface area contributed by atoms with Crippen molar-refractivity contribution in [2.24, 2.45) is 14.1 Å². The van der Waals surface area contributed by atoms with Gasteiger partial charge >= 0.3 is 11.7 Å². The largest absolute Gasteiger partial charge is 0.478 e. The van der Waals surface area contributed by atoms with E-state index in [2.05, 4.69) is 4.98 Å². The van der Waals surface area contributed by atoms with E-state index in [1.807, 2.05) is 0 Å². The van der Waals surface area contributed by atoms with Gasteiger partial charge in [-0.1, -0.05) is 0 Å². The summed E-state index contributed by atoms with van der Waals surface area (Å²) < 4.78 is 2.11. The standard InChI is InChI=1S/C13H13N3O4/c1-15-10-9(11(17)16(2)13(15)20)7(12(18)19)5-8(14-10)6-3-4-6/h5-6H,3-4H2,1-2H3,(H,18,19). The normalized spacial score (nSPS) is 14.7. The van der Waals surface area contributed by atoms with Crippen LogP contribution in [0.25, 0.3) is 11.0 Å². The third kappa shape index (κ3) is 1.66. The summed E-state index contributed by atoms with van der Waals surface area (Å²) in [6.45, 7) is 0. The molecule has 0 amide bonds. The first-order chi connectivity index (χ1) is 9.41. The highest BCUT2D eigenvalue weighted by Gasteiger charge is 2.28. The molecule has 0 aromatic carbocycles. The molecular weight excluding hydrogens is 262 g/mol. The molecule has 0 saturated heterocycles. The molecule has 1 aliphatic rings. The molecule has 0 radical (unpaired) electrons. The van der Waals surface area contributed by atoms with Crippen LogP contribution in [-0.2, 0) is 14.1 Å². The fourth-order valence-electron chi connectivity index (χ4n) is 2.33. The number of hydrogen-bond acceptors (Lipinski definition) is 4. The molecule has 0 bridgehead atoms. The Hall–Kier alpha value is -2.44. The molecule has 7 heteroatoms. The number of aromatic carboxylic acids is 1. The summed E-state index contributed by atoms with van der Waals surface area (Å²) in [5, 5.41) is 9.30. The number of aromatic nitrogens is 3. The van der Waals surface area contributed by atoms with Crippen molar-refractivity contribution in [3.63, 3.8) is 0 Å². The van der Waals surface area contributed by atoms with Crippen LogP contribution in [0.2, 0.25) is 0 Å². The minimum Gasteiger partial charge on any atom is -0.478 e. The lowest BCUT2D eigenvalue weighted by Gasteiger charge is -2.10. The molecular formula is C13H13N3O4. The van der Waals surface area contributed by atoms with Crippen LogP contribution in [-0.4, -0.2) is 25.2 Å². The van der Waals surface area contributed by atoms with Gasteiger partial charge in [0.1, 0.15) is 5.65 Å². The van der Waals surface area contributed by atoms with Gasteiger partial charge in [0.25, 0.3) is 5.56 Å². The molecule has 0 unspecified atom stereocenters. The number of aryl methyl sites for hydroxylation is 1. The van der Waals surface area contributed by atoms with E-state index in [0.717, 1.165) is 17.4 Å². The van der Waals surface area contributed by atoms with Gasteiger partial charge in [0.2, 0.25) is 0 Å². The Morgan fingerprint density at radius 1 is 1.30 bits per heavy atom. The molecule has 7 nitrogen and oxygen atoms in total. The van der Waals surface area contributed by atoms with Gasteiger partial charge in [-0.3, -0.25) is 13.9 Å². The second kappa shape index (κ2) is 4.03. The van der Waals surface area contributed by atoms with Crippen molar-refractivity contribution in [2.75, 3.05) is 0 Å². The molecule has 104 valence electrons. The lowest BCUT2D eigenvalue weighted by Crippen LogP contribution is -2.38. The molecule has 1 fully saturated rings. The Kier molecular flexibility index (Phi) is 2.53. The van der Waals surface area contributed by atoms with Gasteiger partial charge in [0.15, 0.2) is 0 Å². The van der Waals surface area contributed by atoms with Crippen molar-refractivity contribution in [3.8, 4) is 0 Å². The lowest BCUT2D eigenvalue weighted by molar-refractivity contribution is 0.0698. The van der Waals surface area contributed by atoms with Crippen LogP contribution in [0, 0.1) is 0 Å². The summed E-state index contributed by atoms with van der Waals surface area (Å²) in [5.41, 5.74) is -0.458. The van der Waals surface area contributed by atoms with Gasteiger partial charge < -0.3 is 5.11 Å². The van der Waals surface area contributed by atoms with E-state index in [1.165, 1.54) is 24.7 Å². The van der Waals surface area contributed by atoms with Crippen LogP contribution >= 0.6 is 0 Å². The number of carbonyl (C=O) groups is 1. The summed E-state index contributed by atoms with van der Waals surface area (Å²) >= 11 is 0. The van der Waals surface area contributed by atoms with Crippen LogP contribution in [0.5, 0.6) is 0 Å². The molecule has 0 atom stereocenters. The first-order valence-electron chi connectivity index (χ1n) is 6.25. The molecule has 2 aromatic rings. The number of fused-ring (bicyclic) bond motifs is 1. The van der Waals surface area contributed by atoms with Crippen molar-refractivity contribution < 1.29 is 9.90 Å². The smallest absolute Gasteiger partial charge is 0.336 e. The van der Waals surface area contributed by atoms with Gasteiger partial charge in [-0.05, 0) is 18.9 Å². The maximum absolute atomic E-state index is 12.2. The summed E-state index contributed by atoms with van der Waals surface area (Å²) in [5.74, 6) is -0.952. The number of carboxylic acid groups (broad SMARTS) is 1. The average molecular weight is 275 g/mol. The Morgan fingerprint density at radius 2 is 1.95 bits per heavy atom. The Balaban J connectivity index is 2.54. The van der Waals surface area contributed by atoms with Crippen molar-refractivity contribution in [3.05, 3.63) is 38.2 Å². The van der Waals surface area contributed by atoms with E-state index >= 15 is 0 Å². The zero-order chi connectivity index (χ0) is 14.6. The van der Waals surface area contributed by atoms with Crippen LogP contribution in [0.3, 0.4) is 0 Å². The number of carboxylic acids is 1. The summed E-state index contributed by atoms with van der Waals surface area (Å²) in [6.07, 6.45) is 1.91. The summed E-state index contributed by atoms with van der Waals surface area (Å²) in [4.78, 5) is 39.8. The summed E-state index contributed by atoms with van der Waals surface area (Å²) in [6, 6.07) is 1.45. The van der Waals surface area contributed by atoms with Crippen LogP contribution in [0.15, 0.2) is 15.7 Å². The van der Waals surface area contributed by atoms with Gasteiger partial charge in [0, 0.05) is 25.7 Å². The second-order valence-corrected chi connectivity index (χ2v) is 5.08. The molecule has 1 saturated carbocycles. The van der Waals surface area contributed by atoms with Crippen LogP contribution in [0.1, 0.15) is 34.8 Å². The van der Waals surface area contributed by atoms with Gasteiger partial charge in [-0.15, -0.1) is 0 Å². The van der Waals surface area contributed by atoms with Gasteiger partial charge in [0.05, 0.1) is 10.9 Å². The minimum atomic E-state index is -1.19. The highest BCUT2D eigenvalue weighted by atomic mass is 16.4. The SMILES string of the molecule is Cn1c(=O)c2c(C(=O)O)cc(C3CC3)nc2n(C)c1=O. The highest BCUT2D eigenvalue weighted by molar-refractivity contribution is 6.01. The maximum Gasteiger partial charge on any atom is 0.336 e. The molecule has 1 aliphatic carbocycles. The fourth-order valence-corrected chi connectivity index (χ4v) is 2.33. The zero-order valence-electron chi connectivity index (χ0n) is 11.1. The predicted molar refractivity (Wildman–Crippen MR) is 71.2 cm³/mol. The topological polar surface area (TPSA) is 94.2 Å². The Bertz CT molecular complexity index is 859. The molecule has 3 rings (SSSR count). The van der Waals surface area contributed by atoms with Crippen molar-refractivity contribution in [2.45, 2.75) is 18.8 Å². The quantitative estimate of drug-likeness (QED) is 0.845. The lowest BCUT2D eigenvalue weighted by atomic mass is 10.1. The summed E-state index contributed by atoms with van der Waals surface area (Å²) in [7, 11) is 2.81. The monoisotopic (exact) mass is 275 g/mol. The van der Waals surface area contributed by atoms with Gasteiger partial charge in [-0.25, -0.2) is 14.6 Å². The van der Waals surface area contributed by atoms with E-state index in [4.69, 9.17) is 0 Å². The highest BCUT2D eigenvalue weighted by Crippen LogP contribution is 2.39. The first kappa shape index (κ1) is 12.6. The first-order valence-corrected chi connectivity index (χ1v) is 6.25. The second-order valence-electron chi connectivity index (χ2n) is 5.08.